The van der Waals surface area contributed by atoms with Crippen molar-refractivity contribution in [3.63, 3.8) is 0 Å². The maximum absolute atomic E-state index is 2.40. The van der Waals surface area contributed by atoms with Gasteiger partial charge in [-0.05, 0) is 50.4 Å². The van der Waals surface area contributed by atoms with Gasteiger partial charge >= 0.3 is 0 Å². The van der Waals surface area contributed by atoms with Crippen LogP contribution in [0.15, 0.2) is 66.7 Å². The summed E-state index contributed by atoms with van der Waals surface area (Å²) in [7, 11) is 0. The van der Waals surface area contributed by atoms with Gasteiger partial charge in [0, 0.05) is 5.41 Å². The van der Waals surface area contributed by atoms with Gasteiger partial charge in [0.15, 0.2) is 0 Å². The Hall–Kier alpha value is -2.34. The molecule has 3 aromatic rings. The van der Waals surface area contributed by atoms with Crippen molar-refractivity contribution in [2.24, 2.45) is 0 Å². The van der Waals surface area contributed by atoms with Gasteiger partial charge in [-0.25, -0.2) is 0 Å². The van der Waals surface area contributed by atoms with Crippen LogP contribution in [0.25, 0.3) is 22.3 Å². The van der Waals surface area contributed by atoms with Gasteiger partial charge in [-0.3, -0.25) is 0 Å². The number of rotatable bonds is 1. The predicted octanol–water partition coefficient (Wildman–Crippen LogP) is 6.96. The Morgan fingerprint density at radius 1 is 0.640 bits per heavy atom. The van der Waals surface area contributed by atoms with Crippen LogP contribution >= 0.6 is 0 Å². The summed E-state index contributed by atoms with van der Waals surface area (Å²) in [5.74, 6) is 0. The Labute approximate surface area is 151 Å². The first kappa shape index (κ1) is 16.1. The molecule has 1 aliphatic carbocycles. The lowest BCUT2D eigenvalue weighted by atomic mass is 9.81. The molecule has 0 spiro atoms. The van der Waals surface area contributed by atoms with Gasteiger partial charge in [0.1, 0.15) is 0 Å². The first-order chi connectivity index (χ1) is 11.8. The third kappa shape index (κ3) is 2.52. The molecule has 0 heterocycles. The number of hydrogen-bond acceptors (Lipinski definition) is 0. The Morgan fingerprint density at radius 3 is 2.08 bits per heavy atom. The Morgan fingerprint density at radius 2 is 1.32 bits per heavy atom. The summed E-state index contributed by atoms with van der Waals surface area (Å²) in [4.78, 5) is 0. The van der Waals surface area contributed by atoms with Gasteiger partial charge in [0.05, 0.1) is 0 Å². The van der Waals surface area contributed by atoms with E-state index in [0.29, 0.717) is 0 Å². The molecule has 1 aliphatic rings. The minimum absolute atomic E-state index is 0.0591. The highest BCUT2D eigenvalue weighted by Crippen LogP contribution is 2.49. The Balaban J connectivity index is 1.86. The fourth-order valence-corrected chi connectivity index (χ4v) is 4.05. The summed E-state index contributed by atoms with van der Waals surface area (Å²) in [6.45, 7) is 11.5. The second kappa shape index (κ2) is 5.33. The number of benzene rings is 3. The van der Waals surface area contributed by atoms with E-state index in [1.807, 2.05) is 0 Å². The van der Waals surface area contributed by atoms with Crippen LogP contribution in [0.4, 0.5) is 0 Å². The first-order valence-electron chi connectivity index (χ1n) is 9.14. The average Bonchev–Trinajstić information content (AvgIpc) is 2.82. The van der Waals surface area contributed by atoms with E-state index < -0.39 is 0 Å². The molecule has 3 aromatic carbocycles. The zero-order chi connectivity index (χ0) is 17.8. The summed E-state index contributed by atoms with van der Waals surface area (Å²) in [5, 5.41) is 0. The molecule has 0 saturated carbocycles. The molecular weight excluding hydrogens is 300 g/mol. The van der Waals surface area contributed by atoms with Crippen molar-refractivity contribution < 1.29 is 0 Å². The highest BCUT2D eigenvalue weighted by molar-refractivity contribution is 5.83. The molecule has 0 nitrogen and oxygen atoms in total. The molecule has 0 heteroatoms. The fraction of sp³-hybridized carbons (Fsp3) is 0.280. The third-order valence-electron chi connectivity index (χ3n) is 5.65. The van der Waals surface area contributed by atoms with Crippen LogP contribution < -0.4 is 0 Å². The molecule has 0 saturated heterocycles. The van der Waals surface area contributed by atoms with Crippen molar-refractivity contribution in [2.45, 2.75) is 45.4 Å². The summed E-state index contributed by atoms with van der Waals surface area (Å²) in [6.07, 6.45) is 0. The molecule has 0 amide bonds. The standard InChI is InChI=1S/C25H26/c1-24(2,3)19-10-8-9-17(15-19)18-13-14-21-20-11-6-7-12-22(20)25(4,5)23(21)16-18/h6-16H,1-5H3. The molecule has 0 bridgehead atoms. The van der Waals surface area contributed by atoms with E-state index >= 15 is 0 Å². The summed E-state index contributed by atoms with van der Waals surface area (Å²) in [5.41, 5.74) is 9.87. The van der Waals surface area contributed by atoms with E-state index in [2.05, 4.69) is 101 Å². The van der Waals surface area contributed by atoms with Crippen molar-refractivity contribution >= 4 is 0 Å². The Bertz CT molecular complexity index is 952. The molecule has 0 N–H and O–H groups in total. The quantitative estimate of drug-likeness (QED) is 0.453. The topological polar surface area (TPSA) is 0 Å². The van der Waals surface area contributed by atoms with E-state index in [1.54, 1.807) is 0 Å². The third-order valence-corrected chi connectivity index (χ3v) is 5.65. The van der Waals surface area contributed by atoms with Crippen molar-refractivity contribution in [3.05, 3.63) is 83.4 Å². The van der Waals surface area contributed by atoms with Crippen LogP contribution in [0.5, 0.6) is 0 Å². The maximum Gasteiger partial charge on any atom is 0.0159 e. The van der Waals surface area contributed by atoms with Gasteiger partial charge in [0.2, 0.25) is 0 Å². The normalized spacial score (nSPS) is 14.9. The van der Waals surface area contributed by atoms with Gasteiger partial charge < -0.3 is 0 Å². The second-order valence-electron chi connectivity index (χ2n) is 8.76. The zero-order valence-electron chi connectivity index (χ0n) is 15.9. The monoisotopic (exact) mass is 326 g/mol. The highest BCUT2D eigenvalue weighted by Gasteiger charge is 2.35. The van der Waals surface area contributed by atoms with Crippen LogP contribution in [0.3, 0.4) is 0 Å². The van der Waals surface area contributed by atoms with E-state index in [-0.39, 0.29) is 10.8 Å². The average molecular weight is 326 g/mol. The van der Waals surface area contributed by atoms with Crippen LogP contribution in [0.2, 0.25) is 0 Å². The lowest BCUT2D eigenvalue weighted by Crippen LogP contribution is -2.15. The molecular formula is C25H26. The van der Waals surface area contributed by atoms with Crippen LogP contribution in [-0.4, -0.2) is 0 Å². The zero-order valence-corrected chi connectivity index (χ0v) is 15.9. The van der Waals surface area contributed by atoms with E-state index in [4.69, 9.17) is 0 Å². The van der Waals surface area contributed by atoms with Crippen molar-refractivity contribution in [1.29, 1.82) is 0 Å². The number of hydrogen-bond donors (Lipinski definition) is 0. The molecule has 126 valence electrons. The van der Waals surface area contributed by atoms with Gasteiger partial charge in [-0.15, -0.1) is 0 Å². The molecule has 4 rings (SSSR count). The molecule has 25 heavy (non-hydrogen) atoms. The highest BCUT2D eigenvalue weighted by atomic mass is 14.4. The smallest absolute Gasteiger partial charge is 0.0159 e. The molecule has 0 unspecified atom stereocenters. The fourth-order valence-electron chi connectivity index (χ4n) is 4.05. The minimum Gasteiger partial charge on any atom is -0.0619 e. The first-order valence-corrected chi connectivity index (χ1v) is 9.14. The van der Waals surface area contributed by atoms with Gasteiger partial charge in [-0.1, -0.05) is 95.3 Å². The maximum atomic E-state index is 2.40. The molecule has 0 atom stereocenters. The molecule has 0 aromatic heterocycles. The van der Waals surface area contributed by atoms with Crippen molar-refractivity contribution in [3.8, 4) is 22.3 Å². The predicted molar refractivity (Wildman–Crippen MR) is 108 cm³/mol. The van der Waals surface area contributed by atoms with Crippen LogP contribution in [0.1, 0.15) is 51.3 Å². The van der Waals surface area contributed by atoms with Crippen molar-refractivity contribution in [1.82, 2.24) is 0 Å². The van der Waals surface area contributed by atoms with E-state index in [0.717, 1.165) is 0 Å². The van der Waals surface area contributed by atoms with E-state index in [9.17, 15) is 0 Å². The van der Waals surface area contributed by atoms with E-state index in [1.165, 1.54) is 38.9 Å². The van der Waals surface area contributed by atoms with Gasteiger partial charge in [-0.2, -0.15) is 0 Å². The van der Waals surface area contributed by atoms with Crippen molar-refractivity contribution in [2.75, 3.05) is 0 Å². The summed E-state index contributed by atoms with van der Waals surface area (Å²) >= 11 is 0. The minimum atomic E-state index is 0.0591. The lowest BCUT2D eigenvalue weighted by Gasteiger charge is -2.22. The van der Waals surface area contributed by atoms with Crippen LogP contribution in [-0.2, 0) is 10.8 Å². The summed E-state index contributed by atoms with van der Waals surface area (Å²) in [6, 6.07) is 24.8. The molecule has 0 radical (unpaired) electrons. The largest absolute Gasteiger partial charge is 0.0619 e. The summed E-state index contributed by atoms with van der Waals surface area (Å²) < 4.78 is 0. The Kier molecular flexibility index (Phi) is 3.44. The second-order valence-corrected chi connectivity index (χ2v) is 8.76. The van der Waals surface area contributed by atoms with Crippen LogP contribution in [0, 0.1) is 0 Å². The molecule has 0 aliphatic heterocycles. The lowest BCUT2D eigenvalue weighted by molar-refractivity contribution is 0.590. The number of fused-ring (bicyclic) bond motifs is 3. The SMILES string of the molecule is CC(C)(C)c1cccc(-c2ccc3c(c2)C(C)(C)c2ccccc2-3)c1. The molecule has 0 fully saturated rings. The van der Waals surface area contributed by atoms with Gasteiger partial charge in [0.25, 0.3) is 0 Å².